The number of rotatable bonds is 4. The van der Waals surface area contributed by atoms with Crippen molar-refractivity contribution in [3.05, 3.63) is 59.2 Å². The SMILES string of the molecule is Cc1nc2nc(N3C[C@@H]4CO[C@](c5cnn(C6CC6)c5)(C3)O4)nc(-c3ccc(F)cc3F)c2nc1C. The van der Waals surface area contributed by atoms with Gasteiger partial charge in [-0.3, -0.25) is 4.68 Å². The molecule has 1 aliphatic carbocycles. The number of anilines is 1. The molecule has 2 saturated heterocycles. The van der Waals surface area contributed by atoms with Crippen molar-refractivity contribution in [2.24, 2.45) is 0 Å². The number of aromatic nitrogens is 6. The Kier molecular flexibility index (Phi) is 4.65. The van der Waals surface area contributed by atoms with E-state index in [-0.39, 0.29) is 17.4 Å². The fourth-order valence-corrected chi connectivity index (χ4v) is 4.88. The fraction of sp³-hybridized carbons (Fsp3) is 0.400. The van der Waals surface area contributed by atoms with Gasteiger partial charge < -0.3 is 14.4 Å². The average molecular weight is 492 g/mol. The molecule has 184 valence electrons. The van der Waals surface area contributed by atoms with E-state index in [0.717, 1.165) is 24.5 Å². The van der Waals surface area contributed by atoms with Crippen molar-refractivity contribution in [3.63, 3.8) is 0 Å². The van der Waals surface area contributed by atoms with Gasteiger partial charge in [0.25, 0.3) is 0 Å². The maximum Gasteiger partial charge on any atom is 0.228 e. The highest BCUT2D eigenvalue weighted by molar-refractivity contribution is 5.88. The van der Waals surface area contributed by atoms with Gasteiger partial charge in [0, 0.05) is 24.4 Å². The highest BCUT2D eigenvalue weighted by Gasteiger charge is 2.51. The van der Waals surface area contributed by atoms with E-state index >= 15 is 0 Å². The van der Waals surface area contributed by atoms with Gasteiger partial charge in [0.2, 0.25) is 11.7 Å². The minimum absolute atomic E-state index is 0.135. The van der Waals surface area contributed by atoms with Crippen molar-refractivity contribution < 1.29 is 18.3 Å². The van der Waals surface area contributed by atoms with Gasteiger partial charge in [-0.25, -0.2) is 23.7 Å². The lowest BCUT2D eigenvalue weighted by Gasteiger charge is -2.38. The Bertz CT molecular complexity index is 1520. The highest BCUT2D eigenvalue weighted by atomic mass is 19.1. The molecule has 3 fully saturated rings. The number of halogens is 2. The minimum atomic E-state index is -0.996. The van der Waals surface area contributed by atoms with Crippen molar-refractivity contribution >= 4 is 17.1 Å². The van der Waals surface area contributed by atoms with E-state index in [4.69, 9.17) is 19.4 Å². The molecule has 0 amide bonds. The number of morpholine rings is 1. The molecular formula is C25H23F2N7O2. The summed E-state index contributed by atoms with van der Waals surface area (Å²) in [5.41, 5.74) is 3.35. The molecule has 5 heterocycles. The van der Waals surface area contributed by atoms with Crippen LogP contribution in [0.4, 0.5) is 14.7 Å². The van der Waals surface area contributed by atoms with Crippen LogP contribution >= 0.6 is 0 Å². The van der Waals surface area contributed by atoms with Crippen LogP contribution in [0.3, 0.4) is 0 Å². The molecule has 2 bridgehead atoms. The fourth-order valence-electron chi connectivity index (χ4n) is 4.88. The Morgan fingerprint density at radius 1 is 1.06 bits per heavy atom. The lowest BCUT2D eigenvalue weighted by atomic mass is 10.1. The molecule has 36 heavy (non-hydrogen) atoms. The summed E-state index contributed by atoms with van der Waals surface area (Å²) >= 11 is 0. The third-order valence-electron chi connectivity index (χ3n) is 7.04. The second-order valence-electron chi connectivity index (χ2n) is 9.69. The first-order valence-corrected chi connectivity index (χ1v) is 12.0. The van der Waals surface area contributed by atoms with Crippen LogP contribution in [-0.2, 0) is 15.3 Å². The van der Waals surface area contributed by atoms with E-state index in [9.17, 15) is 8.78 Å². The van der Waals surface area contributed by atoms with Crippen LogP contribution in [-0.4, -0.2) is 55.5 Å². The second-order valence-corrected chi connectivity index (χ2v) is 9.69. The monoisotopic (exact) mass is 491 g/mol. The van der Waals surface area contributed by atoms with Crippen LogP contribution in [0.1, 0.15) is 35.8 Å². The molecule has 7 rings (SSSR count). The normalized spacial score (nSPS) is 23.6. The van der Waals surface area contributed by atoms with Gasteiger partial charge in [-0.05, 0) is 38.8 Å². The smallest absolute Gasteiger partial charge is 0.228 e. The van der Waals surface area contributed by atoms with Gasteiger partial charge in [-0.2, -0.15) is 10.1 Å². The zero-order valence-electron chi connectivity index (χ0n) is 19.8. The Morgan fingerprint density at radius 3 is 2.69 bits per heavy atom. The Morgan fingerprint density at radius 2 is 1.89 bits per heavy atom. The summed E-state index contributed by atoms with van der Waals surface area (Å²) in [5, 5.41) is 4.51. The molecular weight excluding hydrogens is 468 g/mol. The first kappa shape index (κ1) is 21.7. The van der Waals surface area contributed by atoms with Gasteiger partial charge in [-0.1, -0.05) is 0 Å². The molecule has 2 aliphatic heterocycles. The lowest BCUT2D eigenvalue weighted by Crippen LogP contribution is -2.50. The predicted octanol–water partition coefficient (Wildman–Crippen LogP) is 3.60. The van der Waals surface area contributed by atoms with E-state index < -0.39 is 17.4 Å². The summed E-state index contributed by atoms with van der Waals surface area (Å²) in [5.74, 6) is -2.03. The third kappa shape index (κ3) is 3.45. The van der Waals surface area contributed by atoms with Crippen LogP contribution in [0.5, 0.6) is 0 Å². The zero-order valence-corrected chi connectivity index (χ0v) is 19.8. The van der Waals surface area contributed by atoms with Gasteiger partial charge in [-0.15, -0.1) is 0 Å². The van der Waals surface area contributed by atoms with Crippen LogP contribution in [0.2, 0.25) is 0 Å². The first-order chi connectivity index (χ1) is 17.4. The van der Waals surface area contributed by atoms with Crippen molar-refractivity contribution in [3.8, 4) is 11.3 Å². The number of benzene rings is 1. The summed E-state index contributed by atoms with van der Waals surface area (Å²) in [6.45, 7) is 4.92. The number of aryl methyl sites for hydroxylation is 2. The van der Waals surface area contributed by atoms with E-state index in [1.165, 1.54) is 12.1 Å². The van der Waals surface area contributed by atoms with Crippen molar-refractivity contribution in [2.75, 3.05) is 24.6 Å². The number of fused-ring (bicyclic) bond motifs is 3. The molecule has 4 aromatic rings. The van der Waals surface area contributed by atoms with E-state index in [1.807, 2.05) is 29.6 Å². The number of hydrogen-bond donors (Lipinski definition) is 0. The first-order valence-electron chi connectivity index (χ1n) is 12.0. The van der Waals surface area contributed by atoms with Crippen molar-refractivity contribution in [2.45, 2.75) is 44.6 Å². The van der Waals surface area contributed by atoms with Crippen LogP contribution in [0.25, 0.3) is 22.4 Å². The zero-order chi connectivity index (χ0) is 24.6. The van der Waals surface area contributed by atoms with Gasteiger partial charge in [0.1, 0.15) is 28.9 Å². The predicted molar refractivity (Wildman–Crippen MR) is 125 cm³/mol. The standard InChI is InChI=1S/C25H23F2N7O2/c1-13-14(2)30-23-22(29-13)21(19-6-3-16(26)7-20(19)27)31-24(32-23)33-10-18-11-35-25(12-33,36-18)15-8-28-34(9-15)17-4-5-17/h3,6-9,17-18H,4-5,10-12H2,1-2H3/t18-,25-/m1/s1. The average Bonchev–Trinajstić information content (AvgIpc) is 3.49. The minimum Gasteiger partial charge on any atom is -0.342 e. The molecule has 3 aliphatic rings. The lowest BCUT2D eigenvalue weighted by molar-refractivity contribution is -0.179. The summed E-state index contributed by atoms with van der Waals surface area (Å²) in [4.78, 5) is 20.6. The van der Waals surface area contributed by atoms with Crippen LogP contribution < -0.4 is 4.90 Å². The van der Waals surface area contributed by atoms with Gasteiger partial charge in [0.05, 0.1) is 42.3 Å². The molecule has 3 aromatic heterocycles. The molecule has 2 atom stereocenters. The molecule has 1 aromatic carbocycles. The van der Waals surface area contributed by atoms with Crippen molar-refractivity contribution in [1.82, 2.24) is 29.7 Å². The molecule has 0 unspecified atom stereocenters. The topological polar surface area (TPSA) is 91.1 Å². The Balaban J connectivity index is 1.34. The van der Waals surface area contributed by atoms with Gasteiger partial charge in [0.15, 0.2) is 5.65 Å². The molecule has 11 heteroatoms. The molecule has 1 saturated carbocycles. The van der Waals surface area contributed by atoms with Crippen molar-refractivity contribution in [1.29, 1.82) is 0 Å². The summed E-state index contributed by atoms with van der Waals surface area (Å²) in [6, 6.07) is 3.85. The summed E-state index contributed by atoms with van der Waals surface area (Å²) < 4.78 is 43.0. The van der Waals surface area contributed by atoms with Crippen LogP contribution in [0.15, 0.2) is 30.6 Å². The molecule has 9 nitrogen and oxygen atoms in total. The number of nitrogens with zero attached hydrogens (tertiary/aromatic N) is 7. The molecule has 0 spiro atoms. The Hall–Kier alpha value is -3.57. The molecule has 0 N–H and O–H groups in total. The van der Waals surface area contributed by atoms with Crippen LogP contribution in [0, 0.1) is 25.5 Å². The maximum absolute atomic E-state index is 14.9. The van der Waals surface area contributed by atoms with E-state index in [1.54, 1.807) is 6.20 Å². The summed E-state index contributed by atoms with van der Waals surface area (Å²) in [7, 11) is 0. The summed E-state index contributed by atoms with van der Waals surface area (Å²) in [6.07, 6.45) is 5.83. The largest absolute Gasteiger partial charge is 0.342 e. The number of hydrogen-bond acceptors (Lipinski definition) is 8. The highest BCUT2D eigenvalue weighted by Crippen LogP contribution is 2.42. The van der Waals surface area contributed by atoms with E-state index in [2.05, 4.69) is 15.1 Å². The Labute approximate surface area is 205 Å². The second kappa shape index (κ2) is 7.71. The maximum atomic E-state index is 14.9. The number of ether oxygens (including phenoxy) is 2. The quantitative estimate of drug-likeness (QED) is 0.428. The molecule has 0 radical (unpaired) electrons. The van der Waals surface area contributed by atoms with E-state index in [0.29, 0.717) is 54.2 Å². The van der Waals surface area contributed by atoms with Gasteiger partial charge >= 0.3 is 0 Å². The third-order valence-corrected chi connectivity index (χ3v) is 7.04.